The molecule has 4 N–H and O–H groups in total. The second-order valence-electron chi connectivity index (χ2n) is 9.13. The van der Waals surface area contributed by atoms with Gasteiger partial charge < -0.3 is 19.9 Å². The van der Waals surface area contributed by atoms with Crippen LogP contribution < -0.4 is 10.1 Å². The summed E-state index contributed by atoms with van der Waals surface area (Å²) >= 11 is 6.64. The van der Waals surface area contributed by atoms with Crippen LogP contribution in [0.25, 0.3) is 22.2 Å². The first-order chi connectivity index (χ1) is 16.1. The monoisotopic (exact) mass is 469 g/mol. The Hall–Kier alpha value is -2.09. The zero-order chi connectivity index (χ0) is 22.8. The largest absolute Gasteiger partial charge is 0.492 e. The topological polar surface area (TPSA) is 80.8 Å². The van der Waals surface area contributed by atoms with E-state index in [1.165, 1.54) is 37.9 Å². The summed E-state index contributed by atoms with van der Waals surface area (Å²) in [4.78, 5) is 6.07. The molecule has 0 saturated carbocycles. The zero-order valence-electron chi connectivity index (χ0n) is 18.9. The highest BCUT2D eigenvalue weighted by Gasteiger charge is 2.29. The molecule has 3 aromatic rings. The van der Waals surface area contributed by atoms with Crippen LogP contribution in [0.2, 0.25) is 5.02 Å². The smallest absolute Gasteiger partial charge is 0.138 e. The molecule has 3 heterocycles. The number of nitrogens with zero attached hydrogens (tertiary/aromatic N) is 1. The van der Waals surface area contributed by atoms with Crippen molar-refractivity contribution >= 4 is 22.5 Å². The van der Waals surface area contributed by atoms with Gasteiger partial charge in [-0.3, -0.25) is 10.2 Å². The lowest BCUT2D eigenvalue weighted by atomic mass is 9.99. The molecule has 1 aromatic heterocycles. The Bertz CT molecular complexity index is 1120. The van der Waals surface area contributed by atoms with Gasteiger partial charge in [0.1, 0.15) is 12.0 Å². The van der Waals surface area contributed by atoms with Crippen molar-refractivity contribution in [1.82, 2.24) is 15.2 Å². The summed E-state index contributed by atoms with van der Waals surface area (Å²) in [7, 11) is 0. The van der Waals surface area contributed by atoms with Crippen molar-refractivity contribution < 1.29 is 14.9 Å². The number of rotatable bonds is 8. The van der Waals surface area contributed by atoms with Gasteiger partial charge in [-0.15, -0.1) is 0 Å². The summed E-state index contributed by atoms with van der Waals surface area (Å²) in [6.07, 6.45) is 4.61. The van der Waals surface area contributed by atoms with Crippen molar-refractivity contribution in [2.45, 2.75) is 51.4 Å². The molecule has 1 unspecified atom stereocenters. The minimum absolute atomic E-state index is 0.150. The number of benzene rings is 2. The summed E-state index contributed by atoms with van der Waals surface area (Å²) in [5, 5.41) is 24.4. The first-order valence-electron chi connectivity index (χ1n) is 12.0. The van der Waals surface area contributed by atoms with E-state index in [9.17, 15) is 5.11 Å². The van der Waals surface area contributed by atoms with Gasteiger partial charge in [0.25, 0.3) is 0 Å². The average molecular weight is 470 g/mol. The van der Waals surface area contributed by atoms with Crippen LogP contribution in [0, 0.1) is 0 Å². The van der Waals surface area contributed by atoms with E-state index in [-0.39, 0.29) is 6.61 Å². The third-order valence-electron chi connectivity index (χ3n) is 6.76. The number of halogens is 1. The van der Waals surface area contributed by atoms with Crippen LogP contribution in [0.15, 0.2) is 30.3 Å². The molecule has 0 amide bonds. The highest BCUT2D eigenvalue weighted by atomic mass is 35.5. The Morgan fingerprint density at radius 1 is 1.09 bits per heavy atom. The van der Waals surface area contributed by atoms with Crippen LogP contribution in [0.5, 0.6) is 5.75 Å². The number of hydrogen-bond acceptors (Lipinski definition) is 5. The molecule has 33 heavy (non-hydrogen) atoms. The molecule has 0 bridgehead atoms. The predicted molar refractivity (Wildman–Crippen MR) is 131 cm³/mol. The molecule has 0 radical (unpaired) electrons. The summed E-state index contributed by atoms with van der Waals surface area (Å²) < 4.78 is 5.97. The first-order valence-corrected chi connectivity index (χ1v) is 12.4. The average Bonchev–Trinajstić information content (AvgIpc) is 3.42. The Morgan fingerprint density at radius 3 is 2.76 bits per heavy atom. The molecule has 0 aliphatic carbocycles. The lowest BCUT2D eigenvalue weighted by Crippen LogP contribution is -2.28. The fraction of sp³-hybridized carbons (Fsp3) is 0.462. The van der Waals surface area contributed by atoms with E-state index in [4.69, 9.17) is 21.4 Å². The second kappa shape index (κ2) is 10.0. The number of likely N-dealkylation sites (tertiary alicyclic amines) is 1. The number of H-pyrrole nitrogens is 1. The molecule has 176 valence electrons. The minimum Gasteiger partial charge on any atom is -0.492 e. The van der Waals surface area contributed by atoms with Gasteiger partial charge in [-0.1, -0.05) is 24.1 Å². The first kappa shape index (κ1) is 22.7. The van der Waals surface area contributed by atoms with E-state index >= 15 is 0 Å². The summed E-state index contributed by atoms with van der Waals surface area (Å²) in [6.45, 7) is 4.48. The van der Waals surface area contributed by atoms with Crippen LogP contribution in [0.4, 0.5) is 0 Å². The van der Waals surface area contributed by atoms with Crippen molar-refractivity contribution in [2.24, 2.45) is 0 Å². The number of ether oxygens (including phenoxy) is 1. The predicted octanol–water partition coefficient (Wildman–Crippen LogP) is 4.72. The molecule has 1 saturated heterocycles. The fourth-order valence-electron chi connectivity index (χ4n) is 5.01. The molecular formula is C26H32ClN3O3. The van der Waals surface area contributed by atoms with Crippen molar-refractivity contribution in [3.8, 4) is 17.0 Å². The zero-order valence-corrected chi connectivity index (χ0v) is 19.6. The van der Waals surface area contributed by atoms with Crippen molar-refractivity contribution in [1.29, 1.82) is 0 Å². The van der Waals surface area contributed by atoms with Gasteiger partial charge >= 0.3 is 0 Å². The van der Waals surface area contributed by atoms with Gasteiger partial charge in [-0.05, 0) is 74.2 Å². The third-order valence-corrected chi connectivity index (χ3v) is 7.17. The highest BCUT2D eigenvalue weighted by Crippen LogP contribution is 2.43. The Morgan fingerprint density at radius 2 is 1.94 bits per heavy atom. The standard InChI is InChI=1S/C26H32ClN3O3/c27-25-20-15-28-26(32)24(20)19(14-23(25)33-11-5-4-10-31)22-13-18-12-17(6-7-21(18)29-22)16-30-8-2-1-3-9-30/h6-7,12-14,26,28-29,31-32H,1-5,8-11,15-16H2. The fourth-order valence-corrected chi connectivity index (χ4v) is 5.29. The van der Waals surface area contributed by atoms with E-state index < -0.39 is 6.23 Å². The van der Waals surface area contributed by atoms with E-state index in [1.807, 2.05) is 6.07 Å². The van der Waals surface area contributed by atoms with Crippen molar-refractivity contribution in [2.75, 3.05) is 26.3 Å². The number of aromatic amines is 1. The molecule has 2 aliphatic heterocycles. The maximum absolute atomic E-state index is 10.6. The van der Waals surface area contributed by atoms with Crippen LogP contribution in [0.1, 0.15) is 55.0 Å². The lowest BCUT2D eigenvalue weighted by Gasteiger charge is -2.26. The second-order valence-corrected chi connectivity index (χ2v) is 9.51. The number of aliphatic hydroxyl groups excluding tert-OH is 2. The van der Waals surface area contributed by atoms with Gasteiger partial charge in [0.05, 0.1) is 11.6 Å². The lowest BCUT2D eigenvalue weighted by molar-refractivity contribution is 0.152. The SMILES string of the molecule is OCCCCOc1cc(-c2cc3cc(CN4CCCCC4)ccc3[nH]2)c2c(c1Cl)CNC2O. The van der Waals surface area contributed by atoms with Gasteiger partial charge in [0.2, 0.25) is 0 Å². The number of aromatic nitrogens is 1. The van der Waals surface area contributed by atoms with Gasteiger partial charge in [-0.2, -0.15) is 0 Å². The quantitative estimate of drug-likeness (QED) is 0.359. The highest BCUT2D eigenvalue weighted by molar-refractivity contribution is 6.33. The normalized spacial score (nSPS) is 18.7. The maximum Gasteiger partial charge on any atom is 0.138 e. The number of hydrogen-bond donors (Lipinski definition) is 4. The molecule has 7 heteroatoms. The van der Waals surface area contributed by atoms with Gasteiger partial charge in [-0.25, -0.2) is 0 Å². The molecular weight excluding hydrogens is 438 g/mol. The number of aliphatic hydroxyl groups is 2. The molecule has 2 aromatic carbocycles. The molecule has 6 nitrogen and oxygen atoms in total. The van der Waals surface area contributed by atoms with Gasteiger partial charge in [0.15, 0.2) is 0 Å². The van der Waals surface area contributed by atoms with Crippen molar-refractivity contribution in [3.05, 3.63) is 52.0 Å². The van der Waals surface area contributed by atoms with Crippen LogP contribution in [-0.2, 0) is 13.1 Å². The molecule has 1 fully saturated rings. The summed E-state index contributed by atoms with van der Waals surface area (Å²) in [5.41, 5.74) is 5.92. The summed E-state index contributed by atoms with van der Waals surface area (Å²) in [6, 6.07) is 10.7. The molecule has 0 spiro atoms. The van der Waals surface area contributed by atoms with E-state index in [1.54, 1.807) is 0 Å². The van der Waals surface area contributed by atoms with E-state index in [0.717, 1.165) is 46.3 Å². The van der Waals surface area contributed by atoms with Crippen molar-refractivity contribution in [3.63, 3.8) is 0 Å². The Balaban J connectivity index is 1.47. The number of nitrogens with one attached hydrogen (secondary N) is 2. The number of unbranched alkanes of at least 4 members (excludes halogenated alkanes) is 1. The maximum atomic E-state index is 10.6. The third kappa shape index (κ3) is 4.77. The van der Waals surface area contributed by atoms with Crippen LogP contribution in [-0.4, -0.2) is 46.4 Å². The van der Waals surface area contributed by atoms with Crippen LogP contribution >= 0.6 is 11.6 Å². The number of piperidine rings is 1. The molecule has 1 atom stereocenters. The van der Waals surface area contributed by atoms with Crippen LogP contribution in [0.3, 0.4) is 0 Å². The molecule has 5 rings (SSSR count). The van der Waals surface area contributed by atoms with E-state index in [0.29, 0.717) is 30.3 Å². The Labute approximate surface area is 199 Å². The molecule has 2 aliphatic rings. The van der Waals surface area contributed by atoms with Gasteiger partial charge in [0, 0.05) is 47.4 Å². The number of fused-ring (bicyclic) bond motifs is 2. The van der Waals surface area contributed by atoms with E-state index in [2.05, 4.69) is 39.5 Å². The Kier molecular flexibility index (Phi) is 6.90. The minimum atomic E-state index is -0.767. The summed E-state index contributed by atoms with van der Waals surface area (Å²) in [5.74, 6) is 0.615.